The lowest BCUT2D eigenvalue weighted by molar-refractivity contribution is 0.0253. The number of furan rings is 1. The second kappa shape index (κ2) is 9.52. The van der Waals surface area contributed by atoms with Gasteiger partial charge in [-0.1, -0.05) is 0 Å². The van der Waals surface area contributed by atoms with Gasteiger partial charge >= 0.3 is 0 Å². The Balaban J connectivity index is 1.50. The van der Waals surface area contributed by atoms with Crippen molar-refractivity contribution >= 4 is 17.0 Å². The van der Waals surface area contributed by atoms with Crippen molar-refractivity contribution < 1.29 is 18.7 Å². The SMILES string of the molecule is CNC(=O)c1cc(C)c(-c2cc3nccc(-c4ccc(OC5CCOCC5)c(C#N)n4)c3o2)cn1. The summed E-state index contributed by atoms with van der Waals surface area (Å²) in [5.41, 5.74) is 4.64. The van der Waals surface area contributed by atoms with Crippen molar-refractivity contribution in [2.45, 2.75) is 25.9 Å². The van der Waals surface area contributed by atoms with E-state index in [0.29, 0.717) is 52.8 Å². The lowest BCUT2D eigenvalue weighted by Gasteiger charge is -2.23. The summed E-state index contributed by atoms with van der Waals surface area (Å²) >= 11 is 0. The molecular weight excluding hydrogens is 446 g/mol. The molecule has 0 unspecified atom stereocenters. The molecule has 1 aliphatic rings. The molecule has 4 aromatic heterocycles. The highest BCUT2D eigenvalue weighted by Crippen LogP contribution is 2.35. The van der Waals surface area contributed by atoms with Gasteiger partial charge in [-0.2, -0.15) is 5.26 Å². The zero-order valence-electron chi connectivity index (χ0n) is 19.4. The summed E-state index contributed by atoms with van der Waals surface area (Å²) in [5.74, 6) is 0.789. The first-order chi connectivity index (χ1) is 17.1. The second-order valence-electron chi connectivity index (χ2n) is 8.23. The maximum atomic E-state index is 11.9. The quantitative estimate of drug-likeness (QED) is 0.464. The number of nitrogens with zero attached hydrogens (tertiary/aromatic N) is 4. The molecule has 35 heavy (non-hydrogen) atoms. The molecule has 9 nitrogen and oxygen atoms in total. The molecular formula is C26H23N5O4. The van der Waals surface area contributed by atoms with Crippen molar-refractivity contribution in [3.8, 4) is 34.4 Å². The van der Waals surface area contributed by atoms with E-state index in [4.69, 9.17) is 13.9 Å². The molecule has 0 spiro atoms. The van der Waals surface area contributed by atoms with Crippen LogP contribution in [0.2, 0.25) is 0 Å². The van der Waals surface area contributed by atoms with Gasteiger partial charge in [-0.15, -0.1) is 0 Å². The van der Waals surface area contributed by atoms with Crippen molar-refractivity contribution in [3.63, 3.8) is 0 Å². The largest absolute Gasteiger partial charge is 0.487 e. The number of hydrogen-bond donors (Lipinski definition) is 1. The molecule has 176 valence electrons. The van der Waals surface area contributed by atoms with Gasteiger partial charge in [-0.25, -0.2) is 4.98 Å². The Hall–Kier alpha value is -4.29. The number of fused-ring (bicyclic) bond motifs is 1. The van der Waals surface area contributed by atoms with Crippen LogP contribution in [-0.4, -0.2) is 47.2 Å². The van der Waals surface area contributed by atoms with E-state index in [2.05, 4.69) is 26.3 Å². The second-order valence-corrected chi connectivity index (χ2v) is 8.23. The van der Waals surface area contributed by atoms with Crippen LogP contribution >= 0.6 is 0 Å². The van der Waals surface area contributed by atoms with Crippen LogP contribution < -0.4 is 10.1 Å². The number of pyridine rings is 3. The Kier molecular flexibility index (Phi) is 6.12. The van der Waals surface area contributed by atoms with Gasteiger partial charge in [0.15, 0.2) is 17.0 Å². The van der Waals surface area contributed by atoms with Gasteiger partial charge in [-0.05, 0) is 36.8 Å². The molecule has 0 atom stereocenters. The number of carbonyl (C=O) groups excluding carboxylic acids is 1. The summed E-state index contributed by atoms with van der Waals surface area (Å²) in [6.45, 7) is 3.19. The number of rotatable bonds is 5. The van der Waals surface area contributed by atoms with Gasteiger partial charge in [-0.3, -0.25) is 14.8 Å². The molecule has 1 amide bonds. The van der Waals surface area contributed by atoms with Crippen molar-refractivity contribution in [2.24, 2.45) is 0 Å². The van der Waals surface area contributed by atoms with Gasteiger partial charge in [0.05, 0.1) is 18.9 Å². The summed E-state index contributed by atoms with van der Waals surface area (Å²) in [4.78, 5) is 25.1. The molecule has 0 radical (unpaired) electrons. The number of nitrogens with one attached hydrogen (secondary N) is 1. The fourth-order valence-electron chi connectivity index (χ4n) is 4.08. The number of carbonyl (C=O) groups is 1. The smallest absolute Gasteiger partial charge is 0.269 e. The van der Waals surface area contributed by atoms with E-state index in [-0.39, 0.29) is 17.7 Å². The molecule has 1 saturated heterocycles. The number of nitriles is 1. The summed E-state index contributed by atoms with van der Waals surface area (Å²) < 4.78 is 17.6. The molecule has 0 bridgehead atoms. The molecule has 5 rings (SSSR count). The maximum absolute atomic E-state index is 11.9. The number of amides is 1. The molecule has 0 aliphatic carbocycles. The normalized spacial score (nSPS) is 14.0. The Morgan fingerprint density at radius 3 is 2.74 bits per heavy atom. The van der Waals surface area contributed by atoms with Crippen molar-refractivity contribution in [2.75, 3.05) is 20.3 Å². The number of aryl methyl sites for hydroxylation is 1. The van der Waals surface area contributed by atoms with Crippen molar-refractivity contribution in [1.82, 2.24) is 20.3 Å². The molecule has 1 aliphatic heterocycles. The Labute approximate surface area is 201 Å². The number of ether oxygens (including phenoxy) is 2. The van der Waals surface area contributed by atoms with Crippen LogP contribution in [0.5, 0.6) is 5.75 Å². The third kappa shape index (κ3) is 4.44. The first-order valence-electron chi connectivity index (χ1n) is 11.3. The molecule has 9 heteroatoms. The summed E-state index contributed by atoms with van der Waals surface area (Å²) in [6, 6.07) is 11.1. The van der Waals surface area contributed by atoms with Crippen LogP contribution in [0.4, 0.5) is 0 Å². The van der Waals surface area contributed by atoms with E-state index in [0.717, 1.165) is 24.0 Å². The summed E-state index contributed by atoms with van der Waals surface area (Å²) in [6.07, 6.45) is 4.87. The zero-order valence-corrected chi connectivity index (χ0v) is 19.4. The average molecular weight is 470 g/mol. The molecule has 0 aromatic carbocycles. The van der Waals surface area contributed by atoms with Gasteiger partial charge < -0.3 is 19.2 Å². The predicted octanol–water partition coefficient (Wildman–Crippen LogP) is 4.05. The highest BCUT2D eigenvalue weighted by atomic mass is 16.5. The lowest BCUT2D eigenvalue weighted by Crippen LogP contribution is -2.26. The van der Waals surface area contributed by atoms with Crippen LogP contribution in [-0.2, 0) is 4.74 Å². The van der Waals surface area contributed by atoms with Crippen LogP contribution in [0.1, 0.15) is 34.6 Å². The summed E-state index contributed by atoms with van der Waals surface area (Å²) in [7, 11) is 1.56. The molecule has 0 saturated carbocycles. The van der Waals surface area contributed by atoms with E-state index in [1.165, 1.54) is 0 Å². The van der Waals surface area contributed by atoms with Gasteiger partial charge in [0, 0.05) is 49.5 Å². The molecule has 1 fully saturated rings. The minimum absolute atomic E-state index is 0.00963. The lowest BCUT2D eigenvalue weighted by atomic mass is 10.1. The molecule has 5 heterocycles. The number of hydrogen-bond acceptors (Lipinski definition) is 8. The third-order valence-electron chi connectivity index (χ3n) is 5.95. The predicted molar refractivity (Wildman–Crippen MR) is 128 cm³/mol. The third-order valence-corrected chi connectivity index (χ3v) is 5.95. The van der Waals surface area contributed by atoms with Crippen molar-refractivity contribution in [3.05, 3.63) is 59.7 Å². The maximum Gasteiger partial charge on any atom is 0.269 e. The fraction of sp³-hybridized carbons (Fsp3) is 0.269. The monoisotopic (exact) mass is 469 g/mol. The van der Waals surface area contributed by atoms with Gasteiger partial charge in [0.25, 0.3) is 5.91 Å². The van der Waals surface area contributed by atoms with Crippen LogP contribution in [0.15, 0.2) is 47.1 Å². The van der Waals surface area contributed by atoms with Crippen LogP contribution in [0.3, 0.4) is 0 Å². The minimum atomic E-state index is -0.253. The topological polar surface area (TPSA) is 123 Å². The van der Waals surface area contributed by atoms with Crippen LogP contribution in [0.25, 0.3) is 33.7 Å². The highest BCUT2D eigenvalue weighted by Gasteiger charge is 2.20. The Morgan fingerprint density at radius 2 is 2.00 bits per heavy atom. The van der Waals surface area contributed by atoms with Crippen LogP contribution in [0, 0.1) is 18.3 Å². The zero-order chi connectivity index (χ0) is 24.4. The first-order valence-corrected chi connectivity index (χ1v) is 11.3. The van der Waals surface area contributed by atoms with E-state index in [1.54, 1.807) is 37.6 Å². The Bertz CT molecular complexity index is 1450. The van der Waals surface area contributed by atoms with Gasteiger partial charge in [0.2, 0.25) is 0 Å². The van der Waals surface area contributed by atoms with Crippen molar-refractivity contribution in [1.29, 1.82) is 5.26 Å². The van der Waals surface area contributed by atoms with E-state index >= 15 is 0 Å². The van der Waals surface area contributed by atoms with E-state index in [1.807, 2.05) is 19.1 Å². The van der Waals surface area contributed by atoms with E-state index < -0.39 is 0 Å². The first kappa shape index (κ1) is 22.5. The molecule has 4 aromatic rings. The minimum Gasteiger partial charge on any atom is -0.487 e. The average Bonchev–Trinajstić information content (AvgIpc) is 3.33. The standard InChI is InChI=1S/C26H23N5O4/c1-15-11-21(26(32)28-2)30-14-18(15)24-12-20-25(35-24)17(5-8-29-20)19-3-4-23(22(13-27)31-19)34-16-6-9-33-10-7-16/h3-5,8,11-12,14,16H,6-7,9-10H2,1-2H3,(H,28,32). The van der Waals surface area contributed by atoms with Gasteiger partial charge in [0.1, 0.15) is 29.1 Å². The Morgan fingerprint density at radius 1 is 1.17 bits per heavy atom. The fourth-order valence-corrected chi connectivity index (χ4v) is 4.08. The van der Waals surface area contributed by atoms with E-state index in [9.17, 15) is 10.1 Å². The highest BCUT2D eigenvalue weighted by molar-refractivity contribution is 5.94. The molecule has 1 N–H and O–H groups in total. The summed E-state index contributed by atoms with van der Waals surface area (Å²) in [5, 5.41) is 12.3. The number of aromatic nitrogens is 3.